The Hall–Kier alpha value is -1.03. The van der Waals surface area contributed by atoms with E-state index in [-0.39, 0.29) is 6.42 Å². The Labute approximate surface area is 68.2 Å². The lowest BCUT2D eigenvalue weighted by Gasteiger charge is -1.89. The number of H-pyrrole nitrogens is 1. The largest absolute Gasteiger partial charge is 0.481 e. The standard InChI is InChI=1S/C6H7ClN2O2/c7-4-3-8-5(9-4)1-2-6(10)11/h3H,1-2H2,(H,8,9)(H,10,11). The Morgan fingerprint density at radius 3 is 3.00 bits per heavy atom. The van der Waals surface area contributed by atoms with Crippen molar-refractivity contribution in [2.75, 3.05) is 0 Å². The summed E-state index contributed by atoms with van der Waals surface area (Å²) >= 11 is 5.51. The average molecular weight is 175 g/mol. The number of hydrogen-bond donors (Lipinski definition) is 2. The number of carboxylic acids is 1. The first-order valence-electron chi connectivity index (χ1n) is 3.09. The van der Waals surface area contributed by atoms with E-state index in [9.17, 15) is 4.79 Å². The van der Waals surface area contributed by atoms with Gasteiger partial charge in [-0.1, -0.05) is 11.6 Å². The number of nitrogens with zero attached hydrogens (tertiary/aromatic N) is 1. The van der Waals surface area contributed by atoms with Crippen molar-refractivity contribution >= 4 is 17.6 Å². The molecule has 0 aliphatic carbocycles. The molecule has 0 bridgehead atoms. The normalized spacial score (nSPS) is 9.91. The Morgan fingerprint density at radius 1 is 1.82 bits per heavy atom. The molecule has 0 aliphatic heterocycles. The Morgan fingerprint density at radius 2 is 2.55 bits per heavy atom. The molecule has 0 aromatic carbocycles. The van der Waals surface area contributed by atoms with Crippen LogP contribution < -0.4 is 0 Å². The number of aliphatic carboxylic acids is 1. The lowest BCUT2D eigenvalue weighted by Crippen LogP contribution is -1.98. The molecule has 0 fully saturated rings. The molecular formula is C6H7ClN2O2. The topological polar surface area (TPSA) is 66.0 Å². The van der Waals surface area contributed by atoms with E-state index in [0.717, 1.165) is 0 Å². The number of halogens is 1. The molecule has 2 N–H and O–H groups in total. The van der Waals surface area contributed by atoms with Gasteiger partial charge in [0.2, 0.25) is 0 Å². The van der Waals surface area contributed by atoms with Crippen molar-refractivity contribution in [3.8, 4) is 0 Å². The first-order chi connectivity index (χ1) is 5.18. The summed E-state index contributed by atoms with van der Waals surface area (Å²) in [7, 11) is 0. The highest BCUT2D eigenvalue weighted by Gasteiger charge is 2.01. The minimum Gasteiger partial charge on any atom is -0.481 e. The molecule has 1 rings (SSSR count). The molecule has 1 aromatic rings. The zero-order valence-electron chi connectivity index (χ0n) is 5.67. The van der Waals surface area contributed by atoms with Crippen LogP contribution in [-0.2, 0) is 11.2 Å². The molecule has 11 heavy (non-hydrogen) atoms. The van der Waals surface area contributed by atoms with Crippen molar-refractivity contribution in [1.82, 2.24) is 9.97 Å². The molecule has 4 nitrogen and oxygen atoms in total. The fourth-order valence-electron chi connectivity index (χ4n) is 0.689. The lowest BCUT2D eigenvalue weighted by molar-refractivity contribution is -0.137. The van der Waals surface area contributed by atoms with E-state index in [2.05, 4.69) is 9.97 Å². The Bertz CT molecular complexity index is 259. The second-order valence-electron chi connectivity index (χ2n) is 2.07. The number of aromatic nitrogens is 2. The van der Waals surface area contributed by atoms with Gasteiger partial charge in [-0.25, -0.2) is 4.98 Å². The fraction of sp³-hybridized carbons (Fsp3) is 0.333. The van der Waals surface area contributed by atoms with Gasteiger partial charge in [0.05, 0.1) is 12.6 Å². The first-order valence-corrected chi connectivity index (χ1v) is 3.47. The van der Waals surface area contributed by atoms with E-state index in [1.807, 2.05) is 0 Å². The number of imidazole rings is 1. The lowest BCUT2D eigenvalue weighted by atomic mass is 10.3. The fourth-order valence-corrected chi connectivity index (χ4v) is 0.847. The van der Waals surface area contributed by atoms with E-state index in [4.69, 9.17) is 16.7 Å². The molecule has 1 heterocycles. The number of hydrogen-bond acceptors (Lipinski definition) is 2. The van der Waals surface area contributed by atoms with E-state index in [1.165, 1.54) is 6.20 Å². The van der Waals surface area contributed by atoms with Crippen LogP contribution in [0.25, 0.3) is 0 Å². The van der Waals surface area contributed by atoms with Crippen molar-refractivity contribution in [1.29, 1.82) is 0 Å². The maximum Gasteiger partial charge on any atom is 0.303 e. The SMILES string of the molecule is O=C(O)CCc1ncc(Cl)[nH]1. The summed E-state index contributed by atoms with van der Waals surface area (Å²) in [5, 5.41) is 8.74. The predicted octanol–water partition coefficient (Wildman–Crippen LogP) is 1.08. The molecule has 0 atom stereocenters. The van der Waals surface area contributed by atoms with Gasteiger partial charge in [-0.05, 0) is 0 Å². The molecule has 0 amide bonds. The molecule has 0 aliphatic rings. The Balaban J connectivity index is 2.45. The summed E-state index contributed by atoms with van der Waals surface area (Å²) in [5.74, 6) is -0.227. The minimum absolute atomic E-state index is 0.0733. The summed E-state index contributed by atoms with van der Waals surface area (Å²) in [6.07, 6.45) is 1.92. The van der Waals surface area contributed by atoms with Gasteiger partial charge in [0.1, 0.15) is 11.0 Å². The van der Waals surface area contributed by atoms with Crippen molar-refractivity contribution in [3.05, 3.63) is 17.2 Å². The zero-order chi connectivity index (χ0) is 8.27. The summed E-state index contributed by atoms with van der Waals surface area (Å²) in [6.45, 7) is 0. The van der Waals surface area contributed by atoms with Gasteiger partial charge in [-0.3, -0.25) is 4.79 Å². The van der Waals surface area contributed by atoms with E-state index in [1.54, 1.807) is 0 Å². The molecule has 1 aromatic heterocycles. The van der Waals surface area contributed by atoms with Gasteiger partial charge in [0.15, 0.2) is 0 Å². The molecule has 0 unspecified atom stereocenters. The minimum atomic E-state index is -0.836. The molecule has 5 heteroatoms. The van der Waals surface area contributed by atoms with Crippen LogP contribution in [0.5, 0.6) is 0 Å². The number of rotatable bonds is 3. The number of aryl methyl sites for hydroxylation is 1. The number of nitrogens with one attached hydrogen (secondary N) is 1. The van der Waals surface area contributed by atoms with Crippen LogP contribution in [0.2, 0.25) is 5.15 Å². The number of carboxylic acid groups (broad SMARTS) is 1. The van der Waals surface area contributed by atoms with Crippen molar-refractivity contribution in [2.45, 2.75) is 12.8 Å². The van der Waals surface area contributed by atoms with E-state index < -0.39 is 5.97 Å². The average Bonchev–Trinajstić information content (AvgIpc) is 2.31. The number of aromatic amines is 1. The maximum atomic E-state index is 10.1. The van der Waals surface area contributed by atoms with Gasteiger partial charge in [-0.2, -0.15) is 0 Å². The molecule has 0 saturated heterocycles. The maximum absolute atomic E-state index is 10.1. The monoisotopic (exact) mass is 174 g/mol. The second-order valence-corrected chi connectivity index (χ2v) is 2.48. The molecule has 60 valence electrons. The van der Waals surface area contributed by atoms with Crippen LogP contribution in [-0.4, -0.2) is 21.0 Å². The highest BCUT2D eigenvalue weighted by atomic mass is 35.5. The van der Waals surface area contributed by atoms with Crippen LogP contribution in [0.1, 0.15) is 12.2 Å². The van der Waals surface area contributed by atoms with Gasteiger partial charge in [0.25, 0.3) is 0 Å². The third kappa shape index (κ3) is 2.59. The highest BCUT2D eigenvalue weighted by Crippen LogP contribution is 2.04. The van der Waals surface area contributed by atoms with Crippen LogP contribution >= 0.6 is 11.6 Å². The molecule has 0 saturated carbocycles. The third-order valence-corrected chi connectivity index (χ3v) is 1.37. The second kappa shape index (κ2) is 3.39. The van der Waals surface area contributed by atoms with Crippen molar-refractivity contribution in [3.63, 3.8) is 0 Å². The summed E-state index contributed by atoms with van der Waals surface area (Å²) < 4.78 is 0. The van der Waals surface area contributed by atoms with Crippen molar-refractivity contribution in [2.24, 2.45) is 0 Å². The Kier molecular flexibility index (Phi) is 2.48. The molecule has 0 radical (unpaired) electrons. The van der Waals surface area contributed by atoms with Crippen LogP contribution in [0.3, 0.4) is 0 Å². The summed E-state index contributed by atoms with van der Waals surface area (Å²) in [5.41, 5.74) is 0. The number of carbonyl (C=O) groups is 1. The molecule has 0 spiro atoms. The van der Waals surface area contributed by atoms with Crippen LogP contribution in [0, 0.1) is 0 Å². The smallest absolute Gasteiger partial charge is 0.303 e. The van der Waals surface area contributed by atoms with Gasteiger partial charge < -0.3 is 10.1 Å². The van der Waals surface area contributed by atoms with Gasteiger partial charge in [0, 0.05) is 6.42 Å². The quantitative estimate of drug-likeness (QED) is 0.721. The van der Waals surface area contributed by atoms with E-state index in [0.29, 0.717) is 17.4 Å². The van der Waals surface area contributed by atoms with Gasteiger partial charge >= 0.3 is 5.97 Å². The summed E-state index contributed by atoms with van der Waals surface area (Å²) in [4.78, 5) is 16.7. The van der Waals surface area contributed by atoms with Crippen LogP contribution in [0.4, 0.5) is 0 Å². The zero-order valence-corrected chi connectivity index (χ0v) is 6.43. The van der Waals surface area contributed by atoms with Gasteiger partial charge in [-0.15, -0.1) is 0 Å². The first kappa shape index (κ1) is 8.07. The predicted molar refractivity (Wildman–Crippen MR) is 39.6 cm³/mol. The third-order valence-electron chi connectivity index (χ3n) is 1.17. The van der Waals surface area contributed by atoms with Crippen LogP contribution in [0.15, 0.2) is 6.20 Å². The summed E-state index contributed by atoms with van der Waals surface area (Å²) in [6, 6.07) is 0. The highest BCUT2D eigenvalue weighted by molar-refractivity contribution is 6.29. The van der Waals surface area contributed by atoms with E-state index >= 15 is 0 Å². The molecular weight excluding hydrogens is 168 g/mol. The van der Waals surface area contributed by atoms with Crippen molar-refractivity contribution < 1.29 is 9.90 Å².